The highest BCUT2D eigenvalue weighted by Crippen LogP contribution is 2.19. The molecular formula is C18H22ClFN2O2. The molecule has 2 rings (SSSR count). The van der Waals surface area contributed by atoms with Crippen LogP contribution in [0.15, 0.2) is 48.5 Å². The van der Waals surface area contributed by atoms with Crippen molar-refractivity contribution in [2.75, 3.05) is 5.32 Å². The molecule has 1 atom stereocenters. The number of benzene rings is 2. The fraction of sp³-hybridized carbons (Fsp3) is 0.278. The Morgan fingerprint density at radius 1 is 1.21 bits per heavy atom. The zero-order valence-electron chi connectivity index (χ0n) is 13.7. The minimum absolute atomic E-state index is 0. The van der Waals surface area contributed by atoms with Crippen LogP contribution in [0, 0.1) is 11.7 Å². The minimum atomic E-state index is -0.557. The monoisotopic (exact) mass is 352 g/mol. The van der Waals surface area contributed by atoms with E-state index >= 15 is 0 Å². The summed E-state index contributed by atoms with van der Waals surface area (Å²) in [5.41, 5.74) is 7.31. The van der Waals surface area contributed by atoms with Crippen LogP contribution < -0.4 is 15.8 Å². The predicted molar refractivity (Wildman–Crippen MR) is 95.9 cm³/mol. The van der Waals surface area contributed by atoms with E-state index in [1.54, 1.807) is 36.4 Å². The van der Waals surface area contributed by atoms with Crippen molar-refractivity contribution in [3.8, 4) is 5.75 Å². The Hall–Kier alpha value is -2.11. The van der Waals surface area contributed by atoms with Crippen molar-refractivity contribution < 1.29 is 13.9 Å². The number of carbonyl (C=O) groups is 1. The number of hydrogen-bond donors (Lipinski definition) is 2. The number of ether oxygens (including phenoxy) is 1. The van der Waals surface area contributed by atoms with Crippen LogP contribution in [0.3, 0.4) is 0 Å². The number of nitrogens with one attached hydrogen (secondary N) is 1. The molecule has 0 heterocycles. The summed E-state index contributed by atoms with van der Waals surface area (Å²) in [6.45, 7) is 4.11. The van der Waals surface area contributed by atoms with Crippen LogP contribution in [0.4, 0.5) is 10.1 Å². The predicted octanol–water partition coefficient (Wildman–Crippen LogP) is 3.75. The Morgan fingerprint density at radius 2 is 1.88 bits per heavy atom. The van der Waals surface area contributed by atoms with E-state index in [0.717, 1.165) is 5.56 Å². The molecule has 0 aliphatic heterocycles. The first-order chi connectivity index (χ1) is 11.0. The largest absolute Gasteiger partial charge is 0.489 e. The first kappa shape index (κ1) is 19.9. The lowest BCUT2D eigenvalue weighted by molar-refractivity contribution is -0.118. The molecule has 24 heavy (non-hydrogen) atoms. The van der Waals surface area contributed by atoms with Gasteiger partial charge in [0.1, 0.15) is 18.2 Å². The van der Waals surface area contributed by atoms with E-state index in [9.17, 15) is 9.18 Å². The van der Waals surface area contributed by atoms with Gasteiger partial charge in [0.25, 0.3) is 0 Å². The number of halogens is 2. The van der Waals surface area contributed by atoms with Crippen LogP contribution in [0.5, 0.6) is 5.75 Å². The lowest BCUT2D eigenvalue weighted by atomic mass is 10.0. The summed E-state index contributed by atoms with van der Waals surface area (Å²) in [6.07, 6.45) is 0. The van der Waals surface area contributed by atoms with E-state index < -0.39 is 6.04 Å². The maximum Gasteiger partial charge on any atom is 0.241 e. The molecule has 0 aliphatic carbocycles. The Bertz CT molecular complexity index is 662. The van der Waals surface area contributed by atoms with Gasteiger partial charge in [-0.2, -0.15) is 0 Å². The van der Waals surface area contributed by atoms with Crippen molar-refractivity contribution in [1.29, 1.82) is 0 Å². The second-order valence-corrected chi connectivity index (χ2v) is 5.70. The lowest BCUT2D eigenvalue weighted by Crippen LogP contribution is -2.39. The van der Waals surface area contributed by atoms with Gasteiger partial charge in [0.2, 0.25) is 5.91 Å². The van der Waals surface area contributed by atoms with Gasteiger partial charge < -0.3 is 15.8 Å². The Kier molecular flexibility index (Phi) is 7.68. The molecule has 0 saturated heterocycles. The standard InChI is InChI=1S/C18H21FN2O2.ClH/c1-12(2)17(20)18(22)21-15-4-3-5-16(10-15)23-11-13-6-8-14(19)9-7-13;/h3-10,12,17H,11,20H2,1-2H3,(H,21,22);1H. The topological polar surface area (TPSA) is 64.4 Å². The van der Waals surface area contributed by atoms with Gasteiger partial charge in [0, 0.05) is 11.8 Å². The molecule has 0 fully saturated rings. The second-order valence-electron chi connectivity index (χ2n) is 5.70. The molecule has 2 aromatic rings. The fourth-order valence-corrected chi connectivity index (χ4v) is 1.94. The first-order valence-corrected chi connectivity index (χ1v) is 7.49. The summed E-state index contributed by atoms with van der Waals surface area (Å²) in [7, 11) is 0. The van der Waals surface area contributed by atoms with Gasteiger partial charge >= 0.3 is 0 Å². The third-order valence-corrected chi connectivity index (χ3v) is 3.44. The number of rotatable bonds is 6. The van der Waals surface area contributed by atoms with Crippen molar-refractivity contribution in [3.63, 3.8) is 0 Å². The van der Waals surface area contributed by atoms with Crippen LogP contribution in [-0.4, -0.2) is 11.9 Å². The average molecular weight is 353 g/mol. The molecule has 1 unspecified atom stereocenters. The van der Waals surface area contributed by atoms with Gasteiger partial charge in [-0.25, -0.2) is 4.39 Å². The van der Waals surface area contributed by atoms with E-state index in [1.165, 1.54) is 12.1 Å². The summed E-state index contributed by atoms with van der Waals surface area (Å²) in [6, 6.07) is 12.7. The quantitative estimate of drug-likeness (QED) is 0.832. The molecule has 2 aromatic carbocycles. The molecule has 130 valence electrons. The van der Waals surface area contributed by atoms with Gasteiger partial charge in [0.15, 0.2) is 0 Å². The Balaban J connectivity index is 0.00000288. The second kappa shape index (κ2) is 9.25. The van der Waals surface area contributed by atoms with E-state index in [2.05, 4.69) is 5.32 Å². The number of carbonyl (C=O) groups excluding carboxylic acids is 1. The van der Waals surface area contributed by atoms with Crippen molar-refractivity contribution in [1.82, 2.24) is 0 Å². The fourth-order valence-electron chi connectivity index (χ4n) is 1.94. The zero-order chi connectivity index (χ0) is 16.8. The highest BCUT2D eigenvalue weighted by Gasteiger charge is 2.17. The molecule has 0 saturated carbocycles. The van der Waals surface area contributed by atoms with E-state index in [-0.39, 0.29) is 30.0 Å². The van der Waals surface area contributed by atoms with Crippen molar-refractivity contribution in [3.05, 3.63) is 59.9 Å². The van der Waals surface area contributed by atoms with Crippen molar-refractivity contribution in [2.45, 2.75) is 26.5 Å². The molecule has 0 radical (unpaired) electrons. The Morgan fingerprint density at radius 3 is 2.50 bits per heavy atom. The lowest BCUT2D eigenvalue weighted by Gasteiger charge is -2.15. The summed E-state index contributed by atoms with van der Waals surface area (Å²) in [5, 5.41) is 2.78. The molecular weight excluding hydrogens is 331 g/mol. The summed E-state index contributed by atoms with van der Waals surface area (Å²) >= 11 is 0. The summed E-state index contributed by atoms with van der Waals surface area (Å²) in [4.78, 5) is 12.0. The highest BCUT2D eigenvalue weighted by atomic mass is 35.5. The van der Waals surface area contributed by atoms with Gasteiger partial charge in [-0.05, 0) is 35.7 Å². The SMILES string of the molecule is CC(C)C(N)C(=O)Nc1cccc(OCc2ccc(F)cc2)c1.Cl. The number of anilines is 1. The van der Waals surface area contributed by atoms with Crippen LogP contribution in [0.1, 0.15) is 19.4 Å². The molecule has 1 amide bonds. The van der Waals surface area contributed by atoms with Crippen LogP contribution in [0.25, 0.3) is 0 Å². The third-order valence-electron chi connectivity index (χ3n) is 3.44. The highest BCUT2D eigenvalue weighted by molar-refractivity contribution is 5.94. The van der Waals surface area contributed by atoms with Crippen LogP contribution in [-0.2, 0) is 11.4 Å². The van der Waals surface area contributed by atoms with Crippen LogP contribution >= 0.6 is 12.4 Å². The molecule has 0 aromatic heterocycles. The van der Waals surface area contributed by atoms with E-state index in [1.807, 2.05) is 13.8 Å². The first-order valence-electron chi connectivity index (χ1n) is 7.49. The van der Waals surface area contributed by atoms with E-state index in [4.69, 9.17) is 10.5 Å². The summed E-state index contributed by atoms with van der Waals surface area (Å²) in [5.74, 6) is 0.175. The Labute approximate surface area is 147 Å². The third kappa shape index (κ3) is 5.83. The molecule has 0 spiro atoms. The molecule has 3 N–H and O–H groups in total. The molecule has 0 aliphatic rings. The number of amides is 1. The van der Waals surface area contributed by atoms with Gasteiger partial charge in [-0.3, -0.25) is 4.79 Å². The normalized spacial score (nSPS) is 11.5. The smallest absolute Gasteiger partial charge is 0.241 e. The maximum atomic E-state index is 12.9. The molecule has 6 heteroatoms. The van der Waals surface area contributed by atoms with Gasteiger partial charge in [0.05, 0.1) is 6.04 Å². The minimum Gasteiger partial charge on any atom is -0.489 e. The molecule has 0 bridgehead atoms. The van der Waals surface area contributed by atoms with Crippen LogP contribution in [0.2, 0.25) is 0 Å². The van der Waals surface area contributed by atoms with Gasteiger partial charge in [-0.1, -0.05) is 32.0 Å². The van der Waals surface area contributed by atoms with Crippen molar-refractivity contribution >= 4 is 24.0 Å². The van der Waals surface area contributed by atoms with Gasteiger partial charge in [-0.15, -0.1) is 12.4 Å². The van der Waals surface area contributed by atoms with E-state index in [0.29, 0.717) is 18.0 Å². The molecule has 4 nitrogen and oxygen atoms in total. The maximum absolute atomic E-state index is 12.9. The van der Waals surface area contributed by atoms with Crippen molar-refractivity contribution in [2.24, 2.45) is 11.7 Å². The number of nitrogens with two attached hydrogens (primary N) is 1. The average Bonchev–Trinajstić information content (AvgIpc) is 2.54. The summed E-state index contributed by atoms with van der Waals surface area (Å²) < 4.78 is 18.5. The zero-order valence-corrected chi connectivity index (χ0v) is 14.5. The number of hydrogen-bond acceptors (Lipinski definition) is 3.